The predicted molar refractivity (Wildman–Crippen MR) is 72.8 cm³/mol. The van der Waals surface area contributed by atoms with Crippen LogP contribution in [0, 0.1) is 0 Å². The van der Waals surface area contributed by atoms with Gasteiger partial charge in [-0.3, -0.25) is 4.79 Å². The van der Waals surface area contributed by atoms with Crippen LogP contribution in [0.4, 0.5) is 4.79 Å². The van der Waals surface area contributed by atoms with Crippen LogP contribution in [-0.2, 0) is 11.3 Å². The Morgan fingerprint density at radius 2 is 1.81 bits per heavy atom. The number of halogens is 1. The number of rotatable bonds is 4. The number of nitrogens with zero attached hydrogens (tertiary/aromatic N) is 1. The smallest absolute Gasteiger partial charge is 1.00 e. The number of hydrogen-bond donors (Lipinski definition) is 0. The quantitative estimate of drug-likeness (QED) is 0.539. The van der Waals surface area contributed by atoms with E-state index in [1.54, 1.807) is 47.1 Å². The number of ether oxygens (including phenoxy) is 3. The van der Waals surface area contributed by atoms with Crippen LogP contribution in [-0.4, -0.2) is 25.9 Å². The van der Waals surface area contributed by atoms with E-state index in [4.69, 9.17) is 14.2 Å². The van der Waals surface area contributed by atoms with Gasteiger partial charge in [0, 0.05) is 6.07 Å². The van der Waals surface area contributed by atoms with Crippen molar-refractivity contribution >= 4 is 6.09 Å². The zero-order valence-electron chi connectivity index (χ0n) is 13.4. The zero-order valence-corrected chi connectivity index (χ0v) is 18.1. The number of amides is 1. The van der Waals surface area contributed by atoms with Crippen molar-refractivity contribution in [1.29, 1.82) is 0 Å². The van der Waals surface area contributed by atoms with Crippen LogP contribution in [0.25, 0.3) is 5.32 Å². The monoisotopic (exact) mass is 384 g/mol. The van der Waals surface area contributed by atoms with Crippen LogP contribution >= 0.6 is 0 Å². The molecule has 1 aromatic rings. The van der Waals surface area contributed by atoms with Crippen LogP contribution in [0.1, 0.15) is 26.3 Å². The Hall–Kier alpha value is 0.206. The first-order valence-corrected chi connectivity index (χ1v) is 5.97. The Morgan fingerprint density at radius 1 is 1.19 bits per heavy atom. The molecule has 21 heavy (non-hydrogen) atoms. The van der Waals surface area contributed by atoms with E-state index >= 15 is 0 Å². The van der Waals surface area contributed by atoms with Gasteiger partial charge in [-0.05, 0) is 32.4 Å². The summed E-state index contributed by atoms with van der Waals surface area (Å²) in [6.07, 6.45) is -0.578. The van der Waals surface area contributed by atoms with Crippen molar-refractivity contribution in [2.24, 2.45) is 0 Å². The van der Waals surface area contributed by atoms with Crippen LogP contribution < -0.4 is 77.8 Å². The molecule has 0 saturated carbocycles. The third-order valence-electron chi connectivity index (χ3n) is 2.27. The first-order valence-electron chi connectivity index (χ1n) is 5.97. The molecule has 0 heterocycles. The predicted octanol–water partition coefficient (Wildman–Crippen LogP) is -2.48. The minimum atomic E-state index is -0.578. The minimum Gasteiger partial charge on any atom is -1.00 e. The first-order chi connectivity index (χ1) is 8.85. The van der Waals surface area contributed by atoms with Gasteiger partial charge in [-0.15, -0.1) is 0 Å². The van der Waals surface area contributed by atoms with Crippen molar-refractivity contribution in [3.8, 4) is 11.5 Å². The standard InChI is InChI=1S/C14H21NO4.BrH.K/c1-14(2,3)19-13(16)15-9-10-6-7-11(17-4)8-12(10)18-5;;/h6-8H,9H2,1-5H3,(H,15,16);1H;/q;;+1/p-2. The van der Waals surface area contributed by atoms with E-state index in [1.807, 2.05) is 6.07 Å². The van der Waals surface area contributed by atoms with Crippen LogP contribution in [0.3, 0.4) is 0 Å². The molecule has 5 nitrogen and oxygen atoms in total. The maximum Gasteiger partial charge on any atom is 1.00 e. The SMILES string of the molecule is COc1ccc(C[N-]C(=O)OC(C)(C)C)c(OC)c1.[Br-].[K+]. The molecule has 1 amide bonds. The van der Waals surface area contributed by atoms with Crippen LogP contribution in [0.2, 0.25) is 0 Å². The third kappa shape index (κ3) is 9.05. The summed E-state index contributed by atoms with van der Waals surface area (Å²) in [5.74, 6) is 1.32. The molecule has 0 spiro atoms. The molecule has 0 aliphatic carbocycles. The average molecular weight is 385 g/mol. The largest absolute Gasteiger partial charge is 1.00 e. The maximum atomic E-state index is 11.5. The van der Waals surface area contributed by atoms with Gasteiger partial charge in [-0.1, -0.05) is 12.6 Å². The van der Waals surface area contributed by atoms with E-state index in [0.717, 1.165) is 5.56 Å². The molecule has 0 fully saturated rings. The summed E-state index contributed by atoms with van der Waals surface area (Å²) in [6.45, 7) is 5.61. The second-order valence-corrected chi connectivity index (χ2v) is 4.97. The van der Waals surface area contributed by atoms with Gasteiger partial charge in [-0.25, -0.2) is 0 Å². The molecule has 114 valence electrons. The van der Waals surface area contributed by atoms with Crippen LogP contribution in [0.5, 0.6) is 11.5 Å². The topological polar surface area (TPSA) is 58.9 Å². The van der Waals surface area contributed by atoms with Gasteiger partial charge in [0.1, 0.15) is 17.1 Å². The summed E-state index contributed by atoms with van der Waals surface area (Å²) in [7, 11) is 3.14. The van der Waals surface area contributed by atoms with E-state index in [2.05, 4.69) is 5.32 Å². The molecule has 0 radical (unpaired) electrons. The third-order valence-corrected chi connectivity index (χ3v) is 2.27. The van der Waals surface area contributed by atoms with Crippen molar-refractivity contribution in [3.63, 3.8) is 0 Å². The van der Waals surface area contributed by atoms with Gasteiger partial charge in [0.2, 0.25) is 6.09 Å². The molecule has 0 saturated heterocycles. The molecule has 1 aromatic carbocycles. The van der Waals surface area contributed by atoms with Crippen molar-refractivity contribution < 1.29 is 87.4 Å². The summed E-state index contributed by atoms with van der Waals surface area (Å²) < 4.78 is 15.4. The van der Waals surface area contributed by atoms with E-state index < -0.39 is 11.7 Å². The summed E-state index contributed by atoms with van der Waals surface area (Å²) in [5.41, 5.74) is 0.263. The number of carbonyl (C=O) groups excluding carboxylic acids is 1. The fraction of sp³-hybridized carbons (Fsp3) is 0.500. The Kier molecular flexibility index (Phi) is 12.1. The molecule has 0 bridgehead atoms. The van der Waals surface area contributed by atoms with Crippen molar-refractivity contribution in [3.05, 3.63) is 29.1 Å². The number of hydrogen-bond acceptors (Lipinski definition) is 4. The molecule has 0 N–H and O–H groups in total. The van der Waals surface area contributed by atoms with Gasteiger partial charge in [-0.2, -0.15) is 0 Å². The van der Waals surface area contributed by atoms with Gasteiger partial charge < -0.3 is 36.5 Å². The molecule has 7 heteroatoms. The average Bonchev–Trinajstić information content (AvgIpc) is 2.34. The maximum absolute atomic E-state index is 11.5. The molecular formula is C14H20BrKNO4-. The van der Waals surface area contributed by atoms with Gasteiger partial charge in [0.15, 0.2) is 0 Å². The molecular weight excluding hydrogens is 365 g/mol. The van der Waals surface area contributed by atoms with Gasteiger partial charge >= 0.3 is 51.4 Å². The molecule has 0 aliphatic heterocycles. The number of benzene rings is 1. The van der Waals surface area contributed by atoms with E-state index in [9.17, 15) is 4.79 Å². The Bertz CT molecular complexity index is 449. The van der Waals surface area contributed by atoms with E-state index in [1.165, 1.54) is 0 Å². The second-order valence-electron chi connectivity index (χ2n) is 4.97. The molecule has 0 unspecified atom stereocenters. The zero-order chi connectivity index (χ0) is 14.5. The van der Waals surface area contributed by atoms with Crippen molar-refractivity contribution in [2.75, 3.05) is 14.2 Å². The summed E-state index contributed by atoms with van der Waals surface area (Å²) >= 11 is 0. The Balaban J connectivity index is 0. The first kappa shape index (κ1) is 23.5. The summed E-state index contributed by atoms with van der Waals surface area (Å²) in [5, 5.41) is 3.86. The minimum absolute atomic E-state index is 0. The fourth-order valence-corrected chi connectivity index (χ4v) is 1.43. The molecule has 0 aromatic heterocycles. The normalized spacial score (nSPS) is 9.76. The van der Waals surface area contributed by atoms with Crippen LogP contribution in [0.15, 0.2) is 18.2 Å². The van der Waals surface area contributed by atoms with Gasteiger partial charge in [0.25, 0.3) is 0 Å². The van der Waals surface area contributed by atoms with Crippen molar-refractivity contribution in [2.45, 2.75) is 32.9 Å². The van der Waals surface area contributed by atoms with E-state index in [0.29, 0.717) is 11.5 Å². The fourth-order valence-electron chi connectivity index (χ4n) is 1.43. The molecule has 1 rings (SSSR count). The summed E-state index contributed by atoms with van der Waals surface area (Å²) in [6, 6.07) is 5.36. The van der Waals surface area contributed by atoms with Gasteiger partial charge in [0.05, 0.1) is 14.2 Å². The van der Waals surface area contributed by atoms with Crippen molar-refractivity contribution in [1.82, 2.24) is 0 Å². The van der Waals surface area contributed by atoms with E-state index in [-0.39, 0.29) is 74.9 Å². The Morgan fingerprint density at radius 3 is 2.29 bits per heavy atom. The number of carbonyl (C=O) groups is 1. The Labute approximate surface area is 179 Å². The molecule has 0 aliphatic rings. The summed E-state index contributed by atoms with van der Waals surface area (Å²) in [4.78, 5) is 11.5. The number of methoxy groups -OCH3 is 2. The second kappa shape index (κ2) is 10.9. The molecule has 0 atom stereocenters.